The summed E-state index contributed by atoms with van der Waals surface area (Å²) in [4.78, 5) is 73.5. The van der Waals surface area contributed by atoms with Gasteiger partial charge in [-0.15, -0.1) is 0 Å². The van der Waals surface area contributed by atoms with Crippen LogP contribution >= 0.6 is 0 Å². The first-order valence-electron chi connectivity index (χ1n) is 53.3. The van der Waals surface area contributed by atoms with E-state index in [0.29, 0.717) is 30.4 Å². The molecule has 0 fully saturated rings. The minimum absolute atomic E-state index is 0.00167. The van der Waals surface area contributed by atoms with Crippen LogP contribution in [0.2, 0.25) is 0 Å². The SMILES string of the molecule is CCN1CCCc2c(c3ccc(-n4ccc(OCc5ccccc5)cc4=O)cc3n2C)C1.CN1CCCc2c(c3ccc(-n4ccc(OCc5ccccc5)cc4=O)cc3n2C)C1.Cc1ccc(-c2ccn(-c3ccc4c5c(n(C)c4c3)CCCCC5)c(=O)c2)cc1.Cc1ccc(-c2ccn(-c3ccc4c5c(n(C)c4c3)CCCCC5)c(=O)c2)cn1.Cc1ccc(-c2ccn(-c3ccc4c5c(n(C)c4c3)CCCCC5)c(=O)c2)nn1. The number of aryl methyl sites for hydroxylation is 11. The number of hydrogen-bond donors (Lipinski definition) is 0. The van der Waals surface area contributed by atoms with E-state index in [0.717, 1.165) is 163 Å². The molecule has 8 aromatic carbocycles. The standard InChI is InChI=1S/C27H29N3O2.C26H27N3O2.C26H26N2O.C25H25N3O.C24H24N4O/c1-3-29-14-7-10-25-24(18-29)23-12-11-21(16-26(23)28(25)2)30-15-13-22(17-27(30)31)32-19-20-8-5-4-6-9-20;1-27-13-6-9-24-23(17-27)22-11-10-20(15-25(22)28(24)2)29-14-12-21(16-26(29)30)31-18-19-7-4-3-5-8-19;1-18-8-10-19(11-9-18)20-14-15-28(26(29)16-20)21-12-13-23-22-6-4-3-5-7-24(22)27(2)25(23)17-21;1-17-8-9-19(16-26-17)18-12-13-28(25(29)14-18)20-10-11-22-21-6-4-3-5-7-23(21)27(2)24(22)15-20;1-16-8-11-21(26-25-16)17-12-13-28(24(29)14-17)18-9-10-20-19-6-4-3-5-7-22(19)27(2)23(20)15-18/h4-6,8-9,11-13,15-17H,3,7,10,14,18-19H2,1-2H3;3-5,7-8,10-12,14-16H,6,9,13,17-18H2,1-2H3;8-17H,3-7H2,1-2H3;8-16H,3-7H2,1-2H3;8-15H,3-7H2,1-2H3. The van der Waals surface area contributed by atoms with Crippen molar-refractivity contribution < 1.29 is 9.47 Å². The highest BCUT2D eigenvalue weighted by atomic mass is 16.5. The third kappa shape index (κ3) is 21.0. The summed E-state index contributed by atoms with van der Waals surface area (Å²) in [6.07, 6.45) is 34.0. The monoisotopic (exact) mass is 1990 g/mol. The maximum Gasteiger partial charge on any atom is 0.258 e. The highest BCUT2D eigenvalue weighted by molar-refractivity contribution is 5.92. The minimum atomic E-state index is -0.0968. The van der Waals surface area contributed by atoms with Crippen molar-refractivity contribution in [3.05, 3.63) is 434 Å². The van der Waals surface area contributed by atoms with Gasteiger partial charge in [0.25, 0.3) is 27.8 Å². The fraction of sp³-hybridized carbons (Fsp3) is 0.281. The lowest BCUT2D eigenvalue weighted by molar-refractivity contribution is 0.285. The summed E-state index contributed by atoms with van der Waals surface area (Å²) in [6, 6.07) is 85.7. The summed E-state index contributed by atoms with van der Waals surface area (Å²) in [5, 5.41) is 14.9. The van der Waals surface area contributed by atoms with Crippen LogP contribution in [0.25, 0.3) is 116 Å². The zero-order chi connectivity index (χ0) is 103. The third-order valence-electron chi connectivity index (χ3n) is 31.4. The Hall–Kier alpha value is -16.0. The Labute approximate surface area is 874 Å². The van der Waals surface area contributed by atoms with Gasteiger partial charge in [0.2, 0.25) is 0 Å². The Bertz CT molecular complexity index is 8250. The van der Waals surface area contributed by atoms with E-state index < -0.39 is 0 Å². The molecule has 12 aromatic heterocycles. The van der Waals surface area contributed by atoms with Gasteiger partial charge in [0.05, 0.1) is 67.4 Å². The van der Waals surface area contributed by atoms with Crippen molar-refractivity contribution >= 4 is 54.5 Å². The molecule has 0 atom stereocenters. The van der Waals surface area contributed by atoms with E-state index in [1.165, 1.54) is 187 Å². The van der Waals surface area contributed by atoms with Crippen LogP contribution in [0.15, 0.2) is 322 Å². The Morgan fingerprint density at radius 3 is 1.02 bits per heavy atom. The van der Waals surface area contributed by atoms with Crippen LogP contribution < -0.4 is 37.3 Å². The Morgan fingerprint density at radius 2 is 0.633 bits per heavy atom. The smallest absolute Gasteiger partial charge is 0.258 e. The molecule has 0 amide bonds. The molecule has 0 saturated heterocycles. The molecule has 0 spiro atoms. The van der Waals surface area contributed by atoms with E-state index in [1.807, 2.05) is 160 Å². The first kappa shape index (κ1) is 99.9. The second kappa shape index (κ2) is 44.2. The molecule has 3 aliphatic carbocycles. The number of pyridine rings is 6. The van der Waals surface area contributed by atoms with E-state index in [1.54, 1.807) is 65.6 Å². The number of ether oxygens (including phenoxy) is 2. The lowest BCUT2D eigenvalue weighted by Gasteiger charge is -2.17. The summed E-state index contributed by atoms with van der Waals surface area (Å²) < 4.78 is 31.8. The van der Waals surface area contributed by atoms with Gasteiger partial charge in [-0.1, -0.05) is 153 Å². The van der Waals surface area contributed by atoms with Crippen LogP contribution in [-0.4, -0.2) is 97.3 Å². The van der Waals surface area contributed by atoms with Crippen molar-refractivity contribution in [3.8, 4) is 73.4 Å². The van der Waals surface area contributed by atoms with Gasteiger partial charge in [0.1, 0.15) is 24.7 Å². The summed E-state index contributed by atoms with van der Waals surface area (Å²) in [7, 11) is 12.9. The Kier molecular flexibility index (Phi) is 29.4. The van der Waals surface area contributed by atoms with E-state index in [4.69, 9.17) is 9.47 Å². The highest BCUT2D eigenvalue weighted by Crippen LogP contribution is 2.39. The number of benzene rings is 8. The summed E-state index contributed by atoms with van der Waals surface area (Å²) >= 11 is 0. The molecule has 20 aromatic rings. The van der Waals surface area contributed by atoms with Gasteiger partial charge in [-0.2, -0.15) is 10.2 Å². The maximum atomic E-state index is 12.9. The predicted octanol–water partition coefficient (Wildman–Crippen LogP) is 23.9. The molecule has 25 rings (SSSR count). The van der Waals surface area contributed by atoms with E-state index in [-0.39, 0.29) is 27.8 Å². The maximum absolute atomic E-state index is 12.9. The molecule has 22 heteroatoms. The van der Waals surface area contributed by atoms with Gasteiger partial charge < -0.3 is 37.2 Å². The molecule has 150 heavy (non-hydrogen) atoms. The van der Waals surface area contributed by atoms with Crippen LogP contribution in [0.5, 0.6) is 11.5 Å². The molecule has 0 saturated carbocycles. The third-order valence-corrected chi connectivity index (χ3v) is 31.4. The second-order valence-corrected chi connectivity index (χ2v) is 41.1. The normalized spacial score (nSPS) is 14.1. The van der Waals surface area contributed by atoms with Crippen LogP contribution in [0.3, 0.4) is 0 Å². The topological polar surface area (TPSA) is 198 Å². The van der Waals surface area contributed by atoms with Crippen molar-refractivity contribution in [3.63, 3.8) is 0 Å². The molecule has 2 aliphatic heterocycles. The number of hydrogen-bond acceptors (Lipinski definition) is 12. The van der Waals surface area contributed by atoms with Crippen molar-refractivity contribution in [1.29, 1.82) is 0 Å². The van der Waals surface area contributed by atoms with Crippen LogP contribution in [0, 0.1) is 20.8 Å². The number of rotatable bonds is 15. The summed E-state index contributed by atoms with van der Waals surface area (Å²) in [5.41, 5.74) is 35.3. The second-order valence-electron chi connectivity index (χ2n) is 41.1. The first-order chi connectivity index (χ1) is 73.1. The average molecular weight is 1990 g/mol. The lowest BCUT2D eigenvalue weighted by Crippen LogP contribution is -2.22. The molecule has 0 radical (unpaired) electrons. The van der Waals surface area contributed by atoms with Gasteiger partial charge in [0, 0.05) is 188 Å². The van der Waals surface area contributed by atoms with Crippen molar-refractivity contribution in [1.82, 2.24) is 70.7 Å². The summed E-state index contributed by atoms with van der Waals surface area (Å²) in [5.74, 6) is 1.17. The van der Waals surface area contributed by atoms with Crippen molar-refractivity contribution in [2.24, 2.45) is 35.2 Å². The molecule has 0 unspecified atom stereocenters. The molecule has 760 valence electrons. The van der Waals surface area contributed by atoms with E-state index >= 15 is 0 Å². The quantitative estimate of drug-likeness (QED) is 0.0881. The first-order valence-corrected chi connectivity index (χ1v) is 53.3. The minimum Gasteiger partial charge on any atom is -0.489 e. The van der Waals surface area contributed by atoms with Gasteiger partial charge in [-0.05, 0) is 315 Å². The molecule has 22 nitrogen and oxygen atoms in total. The van der Waals surface area contributed by atoms with Crippen molar-refractivity contribution in [2.45, 2.75) is 176 Å². The number of nitrogens with zero attached hydrogens (tertiary/aromatic N) is 15. The number of fused-ring (bicyclic) bond motifs is 15. The molecular formula is C128H131N15O7. The lowest BCUT2D eigenvalue weighted by atomic mass is 10.1. The Balaban J connectivity index is 0.000000110. The summed E-state index contributed by atoms with van der Waals surface area (Å²) in [6.45, 7) is 14.4. The molecular weight excluding hydrogens is 1860 g/mol. The van der Waals surface area contributed by atoms with E-state index in [2.05, 4.69) is 213 Å². The molecule has 0 bridgehead atoms. The fourth-order valence-electron chi connectivity index (χ4n) is 23.1. The zero-order valence-corrected chi connectivity index (χ0v) is 87.7. The van der Waals surface area contributed by atoms with Crippen LogP contribution in [0.4, 0.5) is 0 Å². The van der Waals surface area contributed by atoms with Gasteiger partial charge >= 0.3 is 0 Å². The molecule has 5 aliphatic rings. The van der Waals surface area contributed by atoms with Crippen LogP contribution in [0.1, 0.15) is 162 Å². The highest BCUT2D eigenvalue weighted by Gasteiger charge is 2.27. The zero-order valence-electron chi connectivity index (χ0n) is 87.7. The molecule has 14 heterocycles. The van der Waals surface area contributed by atoms with Gasteiger partial charge in [-0.25, -0.2) is 0 Å². The van der Waals surface area contributed by atoms with Crippen LogP contribution in [-0.2, 0) is 113 Å². The Morgan fingerprint density at radius 1 is 0.287 bits per heavy atom. The van der Waals surface area contributed by atoms with Gasteiger partial charge in [-0.3, -0.25) is 56.7 Å². The van der Waals surface area contributed by atoms with Crippen molar-refractivity contribution in [2.75, 3.05) is 26.7 Å². The van der Waals surface area contributed by atoms with Gasteiger partial charge in [0.15, 0.2) is 0 Å². The largest absolute Gasteiger partial charge is 0.489 e. The average Bonchev–Trinajstić information content (AvgIpc) is 1.62. The predicted molar refractivity (Wildman–Crippen MR) is 606 cm³/mol. The fourth-order valence-corrected chi connectivity index (χ4v) is 23.1. The molecule has 0 N–H and O–H groups in total. The number of aromatic nitrogens is 13. The van der Waals surface area contributed by atoms with E-state index in [9.17, 15) is 24.0 Å².